The molecule has 0 saturated carbocycles. The number of pyridine rings is 1. The maximum absolute atomic E-state index is 13.0. The maximum Gasteiger partial charge on any atom is 0.327 e. The molecule has 2 fully saturated rings. The van der Waals surface area contributed by atoms with Crippen molar-refractivity contribution in [3.8, 4) is 0 Å². The van der Waals surface area contributed by atoms with Crippen molar-refractivity contribution in [2.75, 3.05) is 20.1 Å². The third kappa shape index (κ3) is 3.28. The van der Waals surface area contributed by atoms with Crippen molar-refractivity contribution in [1.82, 2.24) is 19.7 Å². The lowest BCUT2D eigenvalue weighted by atomic mass is 9.85. The molecule has 2 aliphatic rings. The zero-order chi connectivity index (χ0) is 21.5. The van der Waals surface area contributed by atoms with Crippen molar-refractivity contribution in [2.24, 2.45) is 0 Å². The van der Waals surface area contributed by atoms with Crippen LogP contribution in [0.15, 0.2) is 47.3 Å². The van der Waals surface area contributed by atoms with Gasteiger partial charge in [0.2, 0.25) is 5.56 Å². The Labute approximate surface area is 174 Å². The van der Waals surface area contributed by atoms with Crippen LogP contribution in [-0.2, 0) is 11.3 Å². The van der Waals surface area contributed by atoms with E-state index in [4.69, 9.17) is 0 Å². The topological polar surface area (TPSA) is 93.8 Å². The van der Waals surface area contributed by atoms with E-state index in [0.717, 1.165) is 5.56 Å². The fourth-order valence-electron chi connectivity index (χ4n) is 4.42. The summed E-state index contributed by atoms with van der Waals surface area (Å²) in [5, 5.41) is 0. The minimum atomic E-state index is -0.942. The second-order valence-corrected chi connectivity index (χ2v) is 7.96. The van der Waals surface area contributed by atoms with Gasteiger partial charge in [-0.25, -0.2) is 4.79 Å². The molecular formula is C22H24N4O4. The van der Waals surface area contributed by atoms with Gasteiger partial charge in [0.25, 0.3) is 11.8 Å². The minimum Gasteiger partial charge on any atom is -0.338 e. The number of H-pyrrole nitrogens is 1. The van der Waals surface area contributed by atoms with Crippen LogP contribution in [0.2, 0.25) is 0 Å². The van der Waals surface area contributed by atoms with E-state index in [-0.39, 0.29) is 23.4 Å². The highest BCUT2D eigenvalue weighted by Gasteiger charge is 2.57. The largest absolute Gasteiger partial charge is 0.338 e. The third-order valence-corrected chi connectivity index (χ3v) is 6.02. The first-order valence-electron chi connectivity index (χ1n) is 9.96. The van der Waals surface area contributed by atoms with Gasteiger partial charge in [-0.2, -0.15) is 0 Å². The number of urea groups is 1. The summed E-state index contributed by atoms with van der Waals surface area (Å²) in [5.74, 6) is -0.457. The highest BCUT2D eigenvalue weighted by Crippen LogP contribution is 2.38. The molecule has 156 valence electrons. The van der Waals surface area contributed by atoms with E-state index in [0.29, 0.717) is 43.7 Å². The Hall–Kier alpha value is -3.42. The Morgan fingerprint density at radius 1 is 1.07 bits per heavy atom. The number of nitrogens with zero attached hydrogens (tertiary/aromatic N) is 3. The molecule has 2 aromatic rings. The Bertz CT molecular complexity index is 1050. The molecule has 4 amide bonds. The number of likely N-dealkylation sites (tertiary alicyclic amines) is 1. The molecule has 8 nitrogen and oxygen atoms in total. The number of carbonyl (C=O) groups is 3. The van der Waals surface area contributed by atoms with Gasteiger partial charge in [0.1, 0.15) is 5.54 Å². The lowest BCUT2D eigenvalue weighted by Crippen LogP contribution is -2.57. The van der Waals surface area contributed by atoms with E-state index in [1.807, 2.05) is 30.3 Å². The van der Waals surface area contributed by atoms with Gasteiger partial charge in [0.15, 0.2) is 0 Å². The smallest absolute Gasteiger partial charge is 0.327 e. The first-order valence-corrected chi connectivity index (χ1v) is 9.96. The zero-order valence-electron chi connectivity index (χ0n) is 17.1. The average Bonchev–Trinajstić information content (AvgIpc) is 2.90. The Morgan fingerprint density at radius 3 is 2.37 bits per heavy atom. The van der Waals surface area contributed by atoms with Gasteiger partial charge in [-0.05, 0) is 31.4 Å². The lowest BCUT2D eigenvalue weighted by Gasteiger charge is -2.42. The fraction of sp³-hybridized carbons (Fsp3) is 0.364. The monoisotopic (exact) mass is 408 g/mol. The van der Waals surface area contributed by atoms with Crippen molar-refractivity contribution in [1.29, 1.82) is 0 Å². The van der Waals surface area contributed by atoms with E-state index in [2.05, 4.69) is 4.98 Å². The van der Waals surface area contributed by atoms with Crippen LogP contribution in [0.3, 0.4) is 0 Å². The molecule has 1 N–H and O–H groups in total. The van der Waals surface area contributed by atoms with Crippen molar-refractivity contribution in [3.63, 3.8) is 0 Å². The molecule has 30 heavy (non-hydrogen) atoms. The summed E-state index contributed by atoms with van der Waals surface area (Å²) in [6, 6.07) is 12.2. The molecule has 0 radical (unpaired) electrons. The van der Waals surface area contributed by atoms with Gasteiger partial charge in [-0.1, -0.05) is 30.3 Å². The first kappa shape index (κ1) is 19.9. The highest BCUT2D eigenvalue weighted by atomic mass is 16.2. The SMILES string of the molecule is Cc1cc(C(=O)N2CCC3(CC2)C(=O)N(C)C(=O)N3Cc2ccccc2)cc(=O)[nH]1. The number of hydrogen-bond donors (Lipinski definition) is 1. The molecule has 2 aliphatic heterocycles. The lowest BCUT2D eigenvalue weighted by molar-refractivity contribution is -0.134. The van der Waals surface area contributed by atoms with Crippen LogP contribution < -0.4 is 5.56 Å². The number of nitrogens with one attached hydrogen (secondary N) is 1. The molecule has 0 unspecified atom stereocenters. The van der Waals surface area contributed by atoms with Gasteiger partial charge >= 0.3 is 6.03 Å². The standard InChI is InChI=1S/C22H24N4O4/c1-15-12-17(13-18(27)23-15)19(28)25-10-8-22(9-11-25)20(29)24(2)21(30)26(22)14-16-6-4-3-5-7-16/h3-7,12-13H,8-11,14H2,1-2H3,(H,23,27). The Balaban J connectivity index is 1.56. The van der Waals surface area contributed by atoms with Crippen molar-refractivity contribution in [2.45, 2.75) is 31.8 Å². The Morgan fingerprint density at radius 2 is 1.73 bits per heavy atom. The fourth-order valence-corrected chi connectivity index (χ4v) is 4.42. The van der Waals surface area contributed by atoms with Crippen LogP contribution in [0, 0.1) is 6.92 Å². The van der Waals surface area contributed by atoms with Crippen LogP contribution in [-0.4, -0.2) is 63.2 Å². The molecule has 3 heterocycles. The minimum absolute atomic E-state index is 0.220. The summed E-state index contributed by atoms with van der Waals surface area (Å²) in [6.45, 7) is 2.74. The number of amides is 4. The van der Waals surface area contributed by atoms with Gasteiger partial charge in [-0.15, -0.1) is 0 Å². The summed E-state index contributed by atoms with van der Waals surface area (Å²) >= 11 is 0. The van der Waals surface area contributed by atoms with E-state index in [1.54, 1.807) is 22.8 Å². The van der Waals surface area contributed by atoms with E-state index >= 15 is 0 Å². The van der Waals surface area contributed by atoms with Crippen LogP contribution in [0.4, 0.5) is 4.79 Å². The number of rotatable bonds is 3. The van der Waals surface area contributed by atoms with Crippen molar-refractivity contribution in [3.05, 3.63) is 69.6 Å². The van der Waals surface area contributed by atoms with E-state index in [1.165, 1.54) is 18.0 Å². The molecule has 1 aromatic carbocycles. The molecule has 2 saturated heterocycles. The molecule has 1 aromatic heterocycles. The predicted molar refractivity (Wildman–Crippen MR) is 110 cm³/mol. The number of aryl methyl sites for hydroxylation is 1. The Kier molecular flexibility index (Phi) is 4.93. The number of piperidine rings is 1. The third-order valence-electron chi connectivity index (χ3n) is 6.02. The van der Waals surface area contributed by atoms with Crippen molar-refractivity contribution < 1.29 is 14.4 Å². The predicted octanol–water partition coefficient (Wildman–Crippen LogP) is 1.75. The number of aromatic nitrogens is 1. The second-order valence-electron chi connectivity index (χ2n) is 7.96. The number of carbonyl (C=O) groups excluding carboxylic acids is 3. The maximum atomic E-state index is 13.0. The van der Waals surface area contributed by atoms with Crippen LogP contribution in [0.1, 0.15) is 34.5 Å². The number of imide groups is 1. The molecular weight excluding hydrogens is 384 g/mol. The van der Waals surface area contributed by atoms with Crippen LogP contribution in [0.25, 0.3) is 0 Å². The van der Waals surface area contributed by atoms with Gasteiger partial charge in [0.05, 0.1) is 0 Å². The summed E-state index contributed by atoms with van der Waals surface area (Å²) in [4.78, 5) is 57.6. The summed E-state index contributed by atoms with van der Waals surface area (Å²) in [7, 11) is 1.51. The second kappa shape index (κ2) is 7.44. The average molecular weight is 408 g/mol. The number of hydrogen-bond acceptors (Lipinski definition) is 4. The molecule has 0 aliphatic carbocycles. The molecule has 1 spiro atoms. The molecule has 4 rings (SSSR count). The van der Waals surface area contributed by atoms with E-state index in [9.17, 15) is 19.2 Å². The van der Waals surface area contributed by atoms with Gasteiger partial charge in [-0.3, -0.25) is 19.3 Å². The van der Waals surface area contributed by atoms with Crippen LogP contribution in [0.5, 0.6) is 0 Å². The zero-order valence-corrected chi connectivity index (χ0v) is 17.1. The van der Waals surface area contributed by atoms with Crippen LogP contribution >= 0.6 is 0 Å². The molecule has 0 atom stereocenters. The number of aromatic amines is 1. The molecule has 0 bridgehead atoms. The summed E-state index contributed by atoms with van der Waals surface area (Å²) < 4.78 is 0. The number of benzene rings is 1. The van der Waals surface area contributed by atoms with Crippen molar-refractivity contribution >= 4 is 17.8 Å². The van der Waals surface area contributed by atoms with E-state index < -0.39 is 5.54 Å². The normalized spacial score (nSPS) is 18.4. The van der Waals surface area contributed by atoms with Gasteiger partial charge in [0, 0.05) is 44.0 Å². The summed E-state index contributed by atoms with van der Waals surface area (Å²) in [6.07, 6.45) is 0.727. The highest BCUT2D eigenvalue weighted by molar-refractivity contribution is 6.07. The van der Waals surface area contributed by atoms with Gasteiger partial charge < -0.3 is 14.8 Å². The molecule has 8 heteroatoms. The quantitative estimate of drug-likeness (QED) is 0.783. The summed E-state index contributed by atoms with van der Waals surface area (Å²) in [5.41, 5.74) is 0.637. The number of likely N-dealkylation sites (N-methyl/N-ethyl adjacent to an activating group) is 1. The first-order chi connectivity index (χ1) is 14.3.